The van der Waals surface area contributed by atoms with Crippen LogP contribution in [0.15, 0.2) is 0 Å². The molecule has 1 amide bonds. The maximum atomic E-state index is 10.6. The van der Waals surface area contributed by atoms with Crippen LogP contribution in [-0.4, -0.2) is 28.8 Å². The van der Waals surface area contributed by atoms with Gasteiger partial charge in [-0.1, -0.05) is 6.92 Å². The summed E-state index contributed by atoms with van der Waals surface area (Å²) in [6.07, 6.45) is 2.26. The quantitative estimate of drug-likeness (QED) is 0.803. The highest BCUT2D eigenvalue weighted by Gasteiger charge is 2.19. The lowest BCUT2D eigenvalue weighted by Crippen LogP contribution is -2.26. The van der Waals surface area contributed by atoms with E-state index in [-0.39, 0.29) is 0 Å². The maximum Gasteiger partial charge on any atom is 0.404 e. The number of imidazole rings is 1. The summed E-state index contributed by atoms with van der Waals surface area (Å²) in [5.41, 5.74) is 7.37. The summed E-state index contributed by atoms with van der Waals surface area (Å²) in [5.74, 6) is 1.08. The molecule has 0 saturated carbocycles. The topological polar surface area (TPSA) is 82.2 Å². The first-order valence-electron chi connectivity index (χ1n) is 6.42. The van der Waals surface area contributed by atoms with E-state index in [1.807, 2.05) is 0 Å². The zero-order valence-electron chi connectivity index (χ0n) is 10.7. The van der Waals surface area contributed by atoms with Gasteiger partial charge in [0.2, 0.25) is 0 Å². The Bertz CT molecular complexity index is 428. The molecular formula is C12H20N4O2. The number of rotatable bonds is 5. The summed E-state index contributed by atoms with van der Waals surface area (Å²) >= 11 is 0. The standard InChI is InChI=1S/C12H20N4O2/c1-2-3-11-15-9-8-14-5-4-10(9)16(11)6-7-18-12(13)17/h14H,2-8H2,1H3,(H2,13,17). The van der Waals surface area contributed by atoms with Crippen molar-refractivity contribution >= 4 is 6.09 Å². The number of nitrogens with two attached hydrogens (primary N) is 1. The van der Waals surface area contributed by atoms with Crippen LogP contribution >= 0.6 is 0 Å². The fourth-order valence-corrected chi connectivity index (χ4v) is 2.34. The summed E-state index contributed by atoms with van der Waals surface area (Å²) in [7, 11) is 0. The average Bonchev–Trinajstić information content (AvgIpc) is 2.68. The monoisotopic (exact) mass is 252 g/mol. The summed E-state index contributed by atoms with van der Waals surface area (Å²) in [5, 5.41) is 3.32. The molecule has 0 aliphatic carbocycles. The Hall–Kier alpha value is -1.56. The molecule has 0 spiro atoms. The van der Waals surface area contributed by atoms with Crippen molar-refractivity contribution in [2.45, 2.75) is 39.3 Å². The minimum absolute atomic E-state index is 0.308. The number of hydrogen-bond donors (Lipinski definition) is 2. The molecule has 2 heterocycles. The van der Waals surface area contributed by atoms with Crippen LogP contribution in [-0.2, 0) is 30.7 Å². The van der Waals surface area contributed by atoms with Gasteiger partial charge in [0, 0.05) is 31.6 Å². The van der Waals surface area contributed by atoms with Crippen LogP contribution in [0.1, 0.15) is 30.6 Å². The van der Waals surface area contributed by atoms with Crippen LogP contribution in [0.25, 0.3) is 0 Å². The zero-order valence-corrected chi connectivity index (χ0v) is 10.7. The van der Waals surface area contributed by atoms with Gasteiger partial charge >= 0.3 is 6.09 Å². The van der Waals surface area contributed by atoms with E-state index in [2.05, 4.69) is 21.8 Å². The van der Waals surface area contributed by atoms with Crippen molar-refractivity contribution in [1.29, 1.82) is 0 Å². The van der Waals surface area contributed by atoms with Crippen LogP contribution in [0, 0.1) is 0 Å². The fraction of sp³-hybridized carbons (Fsp3) is 0.667. The maximum absolute atomic E-state index is 10.6. The van der Waals surface area contributed by atoms with Gasteiger partial charge in [0.25, 0.3) is 0 Å². The molecule has 0 unspecified atom stereocenters. The molecule has 1 aliphatic heterocycles. The van der Waals surface area contributed by atoms with Gasteiger partial charge in [0.15, 0.2) is 0 Å². The number of fused-ring (bicyclic) bond motifs is 1. The first-order chi connectivity index (χ1) is 8.72. The zero-order chi connectivity index (χ0) is 13.0. The molecule has 1 aromatic heterocycles. The Kier molecular flexibility index (Phi) is 4.19. The number of aryl methyl sites for hydroxylation is 1. The second-order valence-electron chi connectivity index (χ2n) is 4.42. The summed E-state index contributed by atoms with van der Waals surface area (Å²) in [6, 6.07) is 0. The number of amides is 1. The van der Waals surface area contributed by atoms with Crippen LogP contribution in [0.5, 0.6) is 0 Å². The van der Waals surface area contributed by atoms with E-state index in [0.29, 0.717) is 13.2 Å². The molecule has 0 atom stereocenters. The Morgan fingerprint density at radius 2 is 2.44 bits per heavy atom. The molecule has 100 valence electrons. The van der Waals surface area contributed by atoms with Gasteiger partial charge in [-0.3, -0.25) is 0 Å². The molecule has 1 aromatic rings. The third-order valence-corrected chi connectivity index (χ3v) is 3.10. The Morgan fingerprint density at radius 3 is 3.17 bits per heavy atom. The van der Waals surface area contributed by atoms with E-state index >= 15 is 0 Å². The van der Waals surface area contributed by atoms with Crippen molar-refractivity contribution in [3.63, 3.8) is 0 Å². The van der Waals surface area contributed by atoms with Crippen molar-refractivity contribution in [1.82, 2.24) is 14.9 Å². The lowest BCUT2D eigenvalue weighted by molar-refractivity contribution is 0.151. The first-order valence-corrected chi connectivity index (χ1v) is 6.42. The van der Waals surface area contributed by atoms with Crippen molar-refractivity contribution < 1.29 is 9.53 Å². The first kappa shape index (κ1) is 12.9. The highest BCUT2D eigenvalue weighted by atomic mass is 16.5. The highest BCUT2D eigenvalue weighted by molar-refractivity contribution is 5.64. The lowest BCUT2D eigenvalue weighted by Gasteiger charge is -2.16. The number of primary amides is 1. The van der Waals surface area contributed by atoms with Crippen molar-refractivity contribution in [2.24, 2.45) is 5.73 Å². The molecule has 6 nitrogen and oxygen atoms in total. The highest BCUT2D eigenvalue weighted by Crippen LogP contribution is 2.17. The molecule has 0 aromatic carbocycles. The molecule has 6 heteroatoms. The van der Waals surface area contributed by atoms with Gasteiger partial charge in [-0.25, -0.2) is 9.78 Å². The summed E-state index contributed by atoms with van der Waals surface area (Å²) in [4.78, 5) is 15.3. The van der Waals surface area contributed by atoms with E-state index in [4.69, 9.17) is 10.5 Å². The number of ether oxygens (including phenoxy) is 1. The van der Waals surface area contributed by atoms with Gasteiger partial charge in [0.1, 0.15) is 12.4 Å². The van der Waals surface area contributed by atoms with Crippen LogP contribution in [0.4, 0.5) is 4.79 Å². The second-order valence-corrected chi connectivity index (χ2v) is 4.42. The number of hydrogen-bond acceptors (Lipinski definition) is 4. The average molecular weight is 252 g/mol. The minimum atomic E-state index is -0.720. The van der Waals surface area contributed by atoms with Gasteiger partial charge < -0.3 is 20.4 Å². The van der Waals surface area contributed by atoms with Crippen LogP contribution in [0.2, 0.25) is 0 Å². The molecule has 18 heavy (non-hydrogen) atoms. The largest absolute Gasteiger partial charge is 0.448 e. The van der Waals surface area contributed by atoms with E-state index in [0.717, 1.165) is 43.9 Å². The Labute approximate surface area is 107 Å². The third-order valence-electron chi connectivity index (χ3n) is 3.10. The number of nitrogens with zero attached hydrogens (tertiary/aromatic N) is 2. The van der Waals surface area contributed by atoms with E-state index in [1.165, 1.54) is 5.69 Å². The van der Waals surface area contributed by atoms with Gasteiger partial charge in [-0.15, -0.1) is 0 Å². The van der Waals surface area contributed by atoms with Crippen LogP contribution in [0.3, 0.4) is 0 Å². The van der Waals surface area contributed by atoms with Gasteiger partial charge in [-0.2, -0.15) is 0 Å². The number of carbonyl (C=O) groups excluding carboxylic acids is 1. The van der Waals surface area contributed by atoms with Crippen molar-refractivity contribution in [3.05, 3.63) is 17.2 Å². The lowest BCUT2D eigenvalue weighted by atomic mass is 10.2. The third kappa shape index (κ3) is 2.81. The van der Waals surface area contributed by atoms with Crippen molar-refractivity contribution in [3.8, 4) is 0 Å². The molecule has 1 aliphatic rings. The SMILES string of the molecule is CCCc1nc2c(n1CCOC(N)=O)CCNC2. The molecule has 0 bridgehead atoms. The predicted molar refractivity (Wildman–Crippen MR) is 67.2 cm³/mol. The Morgan fingerprint density at radius 1 is 1.61 bits per heavy atom. The molecule has 3 N–H and O–H groups in total. The van der Waals surface area contributed by atoms with E-state index < -0.39 is 6.09 Å². The molecule has 0 saturated heterocycles. The summed E-state index contributed by atoms with van der Waals surface area (Å²) < 4.78 is 7.00. The van der Waals surface area contributed by atoms with Gasteiger partial charge in [0.05, 0.1) is 12.2 Å². The normalized spacial score (nSPS) is 14.3. The molecular weight excluding hydrogens is 232 g/mol. The number of aromatic nitrogens is 2. The minimum Gasteiger partial charge on any atom is -0.448 e. The van der Waals surface area contributed by atoms with Crippen molar-refractivity contribution in [2.75, 3.05) is 13.2 Å². The second kappa shape index (κ2) is 5.86. The van der Waals surface area contributed by atoms with Gasteiger partial charge in [-0.05, 0) is 6.42 Å². The fourth-order valence-electron chi connectivity index (χ4n) is 2.34. The summed E-state index contributed by atoms with van der Waals surface area (Å²) in [6.45, 7) is 4.88. The van der Waals surface area contributed by atoms with E-state index in [1.54, 1.807) is 0 Å². The molecule has 2 rings (SSSR count). The number of carbonyl (C=O) groups is 1. The predicted octanol–water partition coefficient (Wildman–Crippen LogP) is 0.577. The molecule has 0 fully saturated rings. The smallest absolute Gasteiger partial charge is 0.404 e. The molecule has 0 radical (unpaired) electrons. The Balaban J connectivity index is 2.13. The van der Waals surface area contributed by atoms with E-state index in [9.17, 15) is 4.79 Å². The van der Waals surface area contributed by atoms with Crippen LogP contribution < -0.4 is 11.1 Å². The number of nitrogens with one attached hydrogen (secondary N) is 1.